The van der Waals surface area contributed by atoms with E-state index in [9.17, 15) is 14.9 Å². The zero-order chi connectivity index (χ0) is 18.7. The Hall–Kier alpha value is -2.22. The van der Waals surface area contributed by atoms with E-state index >= 15 is 0 Å². The highest BCUT2D eigenvalue weighted by Gasteiger charge is 2.34. The van der Waals surface area contributed by atoms with Crippen LogP contribution >= 0.6 is 0 Å². The van der Waals surface area contributed by atoms with Gasteiger partial charge in [-0.2, -0.15) is 0 Å². The highest BCUT2D eigenvalue weighted by Crippen LogP contribution is 2.37. The number of pyridine rings is 1. The van der Waals surface area contributed by atoms with Crippen LogP contribution in [0.2, 0.25) is 0 Å². The Morgan fingerprint density at radius 2 is 2.12 bits per heavy atom. The second-order valence-electron chi connectivity index (χ2n) is 7.31. The molecule has 2 heterocycles. The number of nitrogens with zero attached hydrogens (tertiary/aromatic N) is 3. The third-order valence-corrected chi connectivity index (χ3v) is 5.17. The number of hydrogen-bond acceptors (Lipinski definition) is 6. The molecule has 1 aromatic heterocycles. The fourth-order valence-corrected chi connectivity index (χ4v) is 3.45. The van der Waals surface area contributed by atoms with Gasteiger partial charge in [-0.15, -0.1) is 0 Å². The molecule has 0 radical (unpaired) electrons. The minimum Gasteiger partial charge on any atom is -0.481 e. The minimum atomic E-state index is -0.929. The molecule has 0 spiro atoms. The molecule has 0 amide bonds. The van der Waals surface area contributed by atoms with E-state index in [1.807, 2.05) is 0 Å². The summed E-state index contributed by atoms with van der Waals surface area (Å²) in [4.78, 5) is 28.8. The van der Waals surface area contributed by atoms with Gasteiger partial charge >= 0.3 is 11.7 Å². The normalized spacial score (nSPS) is 19.1. The number of carbonyl (C=O) groups is 1. The molecular weight excluding hydrogens is 338 g/mol. The van der Waals surface area contributed by atoms with E-state index in [-0.39, 0.29) is 24.1 Å². The van der Waals surface area contributed by atoms with Gasteiger partial charge in [0, 0.05) is 38.1 Å². The van der Waals surface area contributed by atoms with Crippen LogP contribution in [-0.2, 0) is 9.53 Å². The van der Waals surface area contributed by atoms with Crippen LogP contribution in [-0.4, -0.2) is 46.8 Å². The van der Waals surface area contributed by atoms with Crippen LogP contribution in [0.4, 0.5) is 11.5 Å². The molecule has 2 aliphatic rings. The Bertz CT molecular complexity index is 671. The molecule has 1 aliphatic heterocycles. The average Bonchev–Trinajstić information content (AvgIpc) is 3.43. The Balaban J connectivity index is 1.91. The summed E-state index contributed by atoms with van der Waals surface area (Å²) >= 11 is 0. The van der Waals surface area contributed by atoms with Crippen molar-refractivity contribution in [3.05, 3.63) is 27.9 Å². The zero-order valence-electron chi connectivity index (χ0n) is 15.0. The molecule has 2 fully saturated rings. The van der Waals surface area contributed by atoms with Crippen molar-refractivity contribution in [3.8, 4) is 0 Å². The van der Waals surface area contributed by atoms with Crippen molar-refractivity contribution in [1.82, 2.24) is 4.98 Å². The molecule has 3 rings (SSSR count). The summed E-state index contributed by atoms with van der Waals surface area (Å²) in [6, 6.07) is 1.69. The van der Waals surface area contributed by atoms with Gasteiger partial charge in [0.25, 0.3) is 0 Å². The first-order valence-electron chi connectivity index (χ1n) is 9.16. The molecule has 26 heavy (non-hydrogen) atoms. The van der Waals surface area contributed by atoms with Crippen LogP contribution in [0.5, 0.6) is 0 Å². The van der Waals surface area contributed by atoms with E-state index < -0.39 is 10.9 Å². The van der Waals surface area contributed by atoms with Gasteiger partial charge in [0.15, 0.2) is 0 Å². The first kappa shape index (κ1) is 18.6. The van der Waals surface area contributed by atoms with Gasteiger partial charge < -0.3 is 14.7 Å². The number of aromatic nitrogens is 1. The molecule has 0 bridgehead atoms. The second kappa shape index (κ2) is 7.99. The maximum absolute atomic E-state index is 11.7. The molecule has 0 aromatic carbocycles. The first-order valence-corrected chi connectivity index (χ1v) is 9.16. The van der Waals surface area contributed by atoms with E-state index in [0.717, 1.165) is 32.2 Å². The van der Waals surface area contributed by atoms with E-state index in [4.69, 9.17) is 9.84 Å². The number of hydrogen-bond donors (Lipinski definition) is 1. The summed E-state index contributed by atoms with van der Waals surface area (Å²) in [6.45, 7) is 3.85. The summed E-state index contributed by atoms with van der Waals surface area (Å²) in [5.74, 6) is -0.278. The van der Waals surface area contributed by atoms with Crippen LogP contribution in [0, 0.1) is 16.0 Å². The number of carboxylic acids is 1. The minimum absolute atomic E-state index is 0.0353. The number of nitro groups is 1. The fourth-order valence-electron chi connectivity index (χ4n) is 3.45. The zero-order valence-corrected chi connectivity index (χ0v) is 15.0. The van der Waals surface area contributed by atoms with Crippen molar-refractivity contribution in [2.24, 2.45) is 5.92 Å². The van der Waals surface area contributed by atoms with Crippen molar-refractivity contribution in [2.45, 2.75) is 51.0 Å². The van der Waals surface area contributed by atoms with Crippen LogP contribution in [0.1, 0.15) is 50.5 Å². The van der Waals surface area contributed by atoms with Crippen LogP contribution in [0.25, 0.3) is 0 Å². The van der Waals surface area contributed by atoms with E-state index in [1.54, 1.807) is 13.1 Å². The van der Waals surface area contributed by atoms with E-state index in [2.05, 4.69) is 9.88 Å². The Morgan fingerprint density at radius 1 is 1.42 bits per heavy atom. The van der Waals surface area contributed by atoms with Gasteiger partial charge in [-0.05, 0) is 43.1 Å². The van der Waals surface area contributed by atoms with Crippen LogP contribution in [0.15, 0.2) is 12.3 Å². The SMILES string of the molecule is CC(CC(=O)O)c1cnc(N(CC2CC2)C2CCOCC2)c([N+](=O)[O-])c1. The van der Waals surface area contributed by atoms with Gasteiger partial charge in [0.2, 0.25) is 5.82 Å². The third kappa shape index (κ3) is 4.49. The Morgan fingerprint density at radius 3 is 2.69 bits per heavy atom. The van der Waals surface area contributed by atoms with Gasteiger partial charge in [-0.1, -0.05) is 6.92 Å². The molecule has 8 heteroatoms. The maximum Gasteiger partial charge on any atom is 0.311 e. The van der Waals surface area contributed by atoms with Crippen molar-refractivity contribution >= 4 is 17.5 Å². The molecule has 1 unspecified atom stereocenters. The lowest BCUT2D eigenvalue weighted by Crippen LogP contribution is -2.41. The van der Waals surface area contributed by atoms with Gasteiger partial charge in [-0.3, -0.25) is 14.9 Å². The van der Waals surface area contributed by atoms with Crippen molar-refractivity contribution in [1.29, 1.82) is 0 Å². The second-order valence-corrected chi connectivity index (χ2v) is 7.31. The van der Waals surface area contributed by atoms with E-state index in [0.29, 0.717) is 30.5 Å². The highest BCUT2D eigenvalue weighted by molar-refractivity contribution is 5.68. The lowest BCUT2D eigenvalue weighted by molar-refractivity contribution is -0.384. The Labute approximate surface area is 152 Å². The number of anilines is 1. The third-order valence-electron chi connectivity index (χ3n) is 5.17. The largest absolute Gasteiger partial charge is 0.481 e. The standard InChI is InChI=1S/C18H25N3O5/c1-12(8-17(22)23)14-9-16(21(24)25)18(19-10-14)20(11-13-2-3-13)15-4-6-26-7-5-15/h9-10,12-13,15H,2-8,11H2,1H3,(H,22,23). The number of rotatable bonds is 8. The van der Waals surface area contributed by atoms with Crippen molar-refractivity contribution < 1.29 is 19.6 Å². The summed E-state index contributed by atoms with van der Waals surface area (Å²) in [5.41, 5.74) is 0.549. The quantitative estimate of drug-likeness (QED) is 0.559. The summed E-state index contributed by atoms with van der Waals surface area (Å²) < 4.78 is 5.44. The summed E-state index contributed by atoms with van der Waals surface area (Å²) in [5, 5.41) is 20.7. The topological polar surface area (TPSA) is 106 Å². The number of ether oxygens (including phenoxy) is 1. The predicted octanol–water partition coefficient (Wildman–Crippen LogP) is 2.96. The average molecular weight is 363 g/mol. The fraction of sp³-hybridized carbons (Fsp3) is 0.667. The van der Waals surface area contributed by atoms with Crippen molar-refractivity contribution in [3.63, 3.8) is 0 Å². The Kier molecular flexibility index (Phi) is 5.70. The molecule has 1 saturated heterocycles. The molecule has 142 valence electrons. The lowest BCUT2D eigenvalue weighted by atomic mass is 9.99. The molecule has 1 N–H and O–H groups in total. The molecule has 1 atom stereocenters. The van der Waals surface area contributed by atoms with Gasteiger partial charge in [0.05, 0.1) is 11.3 Å². The van der Waals surface area contributed by atoms with Crippen LogP contribution in [0.3, 0.4) is 0 Å². The van der Waals surface area contributed by atoms with Gasteiger partial charge in [0.1, 0.15) is 0 Å². The summed E-state index contributed by atoms with van der Waals surface area (Å²) in [7, 11) is 0. The smallest absolute Gasteiger partial charge is 0.311 e. The molecule has 1 aromatic rings. The van der Waals surface area contributed by atoms with E-state index in [1.165, 1.54) is 6.07 Å². The van der Waals surface area contributed by atoms with Crippen molar-refractivity contribution in [2.75, 3.05) is 24.7 Å². The first-order chi connectivity index (χ1) is 12.5. The number of carboxylic acid groups (broad SMARTS) is 1. The molecule has 8 nitrogen and oxygen atoms in total. The lowest BCUT2D eigenvalue weighted by Gasteiger charge is -2.35. The monoisotopic (exact) mass is 363 g/mol. The predicted molar refractivity (Wildman–Crippen MR) is 95.5 cm³/mol. The highest BCUT2D eigenvalue weighted by atomic mass is 16.6. The summed E-state index contributed by atoms with van der Waals surface area (Å²) in [6.07, 6.45) is 5.49. The molecule has 1 aliphatic carbocycles. The van der Waals surface area contributed by atoms with Crippen LogP contribution < -0.4 is 4.90 Å². The molecule has 1 saturated carbocycles. The maximum atomic E-state index is 11.7. The number of aliphatic carboxylic acids is 1. The molecular formula is C18H25N3O5. The van der Waals surface area contributed by atoms with Gasteiger partial charge in [-0.25, -0.2) is 4.98 Å².